The molecule has 1 aromatic heterocycles. The Morgan fingerprint density at radius 1 is 1.31 bits per heavy atom. The van der Waals surface area contributed by atoms with Crippen molar-refractivity contribution in [3.8, 4) is 0 Å². The molecule has 16 heavy (non-hydrogen) atoms. The lowest BCUT2D eigenvalue weighted by molar-refractivity contribution is 0.0363. The fourth-order valence-electron chi connectivity index (χ4n) is 2.08. The third-order valence-electron chi connectivity index (χ3n) is 3.02. The van der Waals surface area contributed by atoms with Gasteiger partial charge in [0, 0.05) is 44.5 Å². The van der Waals surface area contributed by atoms with Crippen molar-refractivity contribution in [2.24, 2.45) is 0 Å². The third-order valence-corrected chi connectivity index (χ3v) is 3.02. The van der Waals surface area contributed by atoms with Crippen molar-refractivity contribution >= 4 is 0 Å². The van der Waals surface area contributed by atoms with E-state index in [9.17, 15) is 0 Å². The maximum atomic E-state index is 5.34. The van der Waals surface area contributed by atoms with Crippen LogP contribution in [0.1, 0.15) is 25.6 Å². The molecule has 0 atom stereocenters. The zero-order chi connectivity index (χ0) is 11.4. The molecule has 90 valence electrons. The number of nitrogens with zero attached hydrogens (tertiary/aromatic N) is 3. The van der Waals surface area contributed by atoms with Crippen LogP contribution < -0.4 is 0 Å². The molecule has 0 spiro atoms. The van der Waals surface area contributed by atoms with Gasteiger partial charge in [0.1, 0.15) is 5.82 Å². The highest BCUT2D eigenvalue weighted by Crippen LogP contribution is 2.11. The zero-order valence-electron chi connectivity index (χ0n) is 10.2. The third kappa shape index (κ3) is 2.83. The summed E-state index contributed by atoms with van der Waals surface area (Å²) in [5, 5.41) is 0. The van der Waals surface area contributed by atoms with Crippen molar-refractivity contribution in [2.75, 3.05) is 32.8 Å². The zero-order valence-corrected chi connectivity index (χ0v) is 10.2. The molecule has 2 rings (SSSR count). The van der Waals surface area contributed by atoms with Crippen LogP contribution in [0.25, 0.3) is 0 Å². The number of morpholine rings is 1. The van der Waals surface area contributed by atoms with Crippen LogP contribution in [0.5, 0.6) is 0 Å². The normalized spacial score (nSPS) is 18.2. The van der Waals surface area contributed by atoms with Crippen LogP contribution in [0, 0.1) is 0 Å². The summed E-state index contributed by atoms with van der Waals surface area (Å²) in [5.41, 5.74) is 0. The predicted octanol–water partition coefficient (Wildman–Crippen LogP) is 1.34. The van der Waals surface area contributed by atoms with E-state index in [1.54, 1.807) is 0 Å². The molecule has 1 aromatic rings. The average Bonchev–Trinajstić information content (AvgIpc) is 2.76. The van der Waals surface area contributed by atoms with Gasteiger partial charge in [0.25, 0.3) is 0 Å². The quantitative estimate of drug-likeness (QED) is 0.771. The van der Waals surface area contributed by atoms with Gasteiger partial charge in [-0.1, -0.05) is 13.8 Å². The highest BCUT2D eigenvalue weighted by atomic mass is 16.5. The molecule has 0 amide bonds. The van der Waals surface area contributed by atoms with E-state index < -0.39 is 0 Å². The van der Waals surface area contributed by atoms with Gasteiger partial charge in [0.2, 0.25) is 0 Å². The van der Waals surface area contributed by atoms with Gasteiger partial charge in [-0.05, 0) is 0 Å². The largest absolute Gasteiger partial charge is 0.379 e. The number of aromatic nitrogens is 2. The lowest BCUT2D eigenvalue weighted by Gasteiger charge is -2.26. The van der Waals surface area contributed by atoms with Crippen molar-refractivity contribution in [2.45, 2.75) is 26.3 Å². The summed E-state index contributed by atoms with van der Waals surface area (Å²) in [7, 11) is 0. The Morgan fingerprint density at radius 2 is 2.06 bits per heavy atom. The topological polar surface area (TPSA) is 30.3 Å². The van der Waals surface area contributed by atoms with Crippen molar-refractivity contribution in [3.05, 3.63) is 18.2 Å². The molecule has 0 aromatic carbocycles. The van der Waals surface area contributed by atoms with E-state index >= 15 is 0 Å². The van der Waals surface area contributed by atoms with Gasteiger partial charge in [-0.2, -0.15) is 0 Å². The molecule has 0 aliphatic carbocycles. The van der Waals surface area contributed by atoms with Crippen molar-refractivity contribution in [1.29, 1.82) is 0 Å². The number of hydrogen-bond acceptors (Lipinski definition) is 3. The van der Waals surface area contributed by atoms with Gasteiger partial charge in [-0.15, -0.1) is 0 Å². The number of hydrogen-bond donors (Lipinski definition) is 0. The molecule has 0 radical (unpaired) electrons. The van der Waals surface area contributed by atoms with Gasteiger partial charge in [0.05, 0.1) is 13.2 Å². The summed E-state index contributed by atoms with van der Waals surface area (Å²) in [6.07, 6.45) is 3.98. The summed E-state index contributed by atoms with van der Waals surface area (Å²) in [5.74, 6) is 1.69. The molecule has 4 nitrogen and oxygen atoms in total. The Bertz CT molecular complexity index is 316. The maximum absolute atomic E-state index is 5.34. The summed E-state index contributed by atoms with van der Waals surface area (Å²) in [6.45, 7) is 10.4. The lowest BCUT2D eigenvalue weighted by atomic mass is 10.2. The Balaban J connectivity index is 1.86. The van der Waals surface area contributed by atoms with E-state index in [-0.39, 0.29) is 0 Å². The van der Waals surface area contributed by atoms with Crippen LogP contribution in [0.15, 0.2) is 12.4 Å². The molecule has 0 N–H and O–H groups in total. The van der Waals surface area contributed by atoms with Crippen molar-refractivity contribution in [3.63, 3.8) is 0 Å². The fourth-order valence-corrected chi connectivity index (χ4v) is 2.08. The van der Waals surface area contributed by atoms with Gasteiger partial charge >= 0.3 is 0 Å². The lowest BCUT2D eigenvalue weighted by Crippen LogP contribution is -2.38. The van der Waals surface area contributed by atoms with Crippen LogP contribution >= 0.6 is 0 Å². The van der Waals surface area contributed by atoms with Crippen LogP contribution in [0.3, 0.4) is 0 Å². The first-order valence-electron chi connectivity index (χ1n) is 6.08. The molecule has 1 saturated heterocycles. The SMILES string of the molecule is CC(C)c1nccn1CCN1CCOCC1. The van der Waals surface area contributed by atoms with E-state index in [4.69, 9.17) is 4.74 Å². The first-order chi connectivity index (χ1) is 7.77. The molecular weight excluding hydrogens is 202 g/mol. The Labute approximate surface area is 97.2 Å². The monoisotopic (exact) mass is 223 g/mol. The second-order valence-corrected chi connectivity index (χ2v) is 4.59. The van der Waals surface area contributed by atoms with E-state index in [0.29, 0.717) is 5.92 Å². The smallest absolute Gasteiger partial charge is 0.111 e. The Morgan fingerprint density at radius 3 is 2.75 bits per heavy atom. The second-order valence-electron chi connectivity index (χ2n) is 4.59. The fraction of sp³-hybridized carbons (Fsp3) is 0.750. The summed E-state index contributed by atoms with van der Waals surface area (Å²) in [4.78, 5) is 6.85. The molecule has 0 bridgehead atoms. The second kappa shape index (κ2) is 5.46. The molecule has 1 aliphatic heterocycles. The molecule has 1 fully saturated rings. The van der Waals surface area contributed by atoms with Crippen LogP contribution in [-0.2, 0) is 11.3 Å². The Kier molecular flexibility index (Phi) is 3.96. The van der Waals surface area contributed by atoms with Gasteiger partial charge in [0.15, 0.2) is 0 Å². The summed E-state index contributed by atoms with van der Waals surface area (Å²) in [6, 6.07) is 0. The molecular formula is C12H21N3O. The molecule has 1 aliphatic rings. The molecule has 4 heteroatoms. The van der Waals surface area contributed by atoms with E-state index in [1.807, 2.05) is 6.20 Å². The van der Waals surface area contributed by atoms with Gasteiger partial charge in [-0.25, -0.2) is 4.98 Å². The molecule has 0 saturated carbocycles. The number of rotatable bonds is 4. The highest BCUT2D eigenvalue weighted by Gasteiger charge is 2.11. The van der Waals surface area contributed by atoms with E-state index in [1.165, 1.54) is 5.82 Å². The predicted molar refractivity (Wildman–Crippen MR) is 63.6 cm³/mol. The van der Waals surface area contributed by atoms with Gasteiger partial charge in [-0.3, -0.25) is 4.90 Å². The van der Waals surface area contributed by atoms with Gasteiger partial charge < -0.3 is 9.30 Å². The highest BCUT2D eigenvalue weighted by molar-refractivity contribution is 4.97. The minimum absolute atomic E-state index is 0.500. The minimum atomic E-state index is 0.500. The van der Waals surface area contributed by atoms with Crippen LogP contribution in [0.4, 0.5) is 0 Å². The first-order valence-corrected chi connectivity index (χ1v) is 6.08. The number of imidazole rings is 1. The van der Waals surface area contributed by atoms with Crippen molar-refractivity contribution < 1.29 is 4.74 Å². The van der Waals surface area contributed by atoms with E-state index in [0.717, 1.165) is 39.4 Å². The van der Waals surface area contributed by atoms with E-state index in [2.05, 4.69) is 34.5 Å². The molecule has 0 unspecified atom stereocenters. The standard InChI is InChI=1S/C12H21N3O/c1-11(2)12-13-3-4-15(12)6-5-14-7-9-16-10-8-14/h3-4,11H,5-10H2,1-2H3. The average molecular weight is 223 g/mol. The summed E-state index contributed by atoms with van der Waals surface area (Å²) >= 11 is 0. The maximum Gasteiger partial charge on any atom is 0.111 e. The van der Waals surface area contributed by atoms with Crippen molar-refractivity contribution in [1.82, 2.24) is 14.5 Å². The number of ether oxygens (including phenoxy) is 1. The molecule has 2 heterocycles. The van der Waals surface area contributed by atoms with Crippen LogP contribution in [0.2, 0.25) is 0 Å². The first kappa shape index (κ1) is 11.6. The minimum Gasteiger partial charge on any atom is -0.379 e. The van der Waals surface area contributed by atoms with Crippen LogP contribution in [-0.4, -0.2) is 47.3 Å². The Hall–Kier alpha value is -0.870. The summed E-state index contributed by atoms with van der Waals surface area (Å²) < 4.78 is 7.60.